The van der Waals surface area contributed by atoms with Gasteiger partial charge >= 0.3 is 5.97 Å². The van der Waals surface area contributed by atoms with Gasteiger partial charge in [0.1, 0.15) is 12.4 Å². The highest BCUT2D eigenvalue weighted by atomic mass is 32.1. The average Bonchev–Trinajstić information content (AvgIpc) is 2.54. The molecular weight excluding hydrogens is 356 g/mol. The van der Waals surface area contributed by atoms with Crippen molar-refractivity contribution in [2.24, 2.45) is 16.7 Å². The minimum Gasteiger partial charge on any atom is -0.508 e. The van der Waals surface area contributed by atoms with Gasteiger partial charge in [-0.25, -0.2) is 0 Å². The topological polar surface area (TPSA) is 46.5 Å². The minimum absolute atomic E-state index is 0.0533. The molecule has 0 saturated carbocycles. The summed E-state index contributed by atoms with van der Waals surface area (Å²) in [5.74, 6) is 0.238. The fourth-order valence-corrected chi connectivity index (χ4v) is 3.60. The molecule has 0 spiro atoms. The smallest absolute Gasteiger partial charge is 0.306 e. The summed E-state index contributed by atoms with van der Waals surface area (Å²) in [5, 5.41) is 10.6. The first-order chi connectivity index (χ1) is 12.3. The van der Waals surface area contributed by atoms with Crippen molar-refractivity contribution < 1.29 is 14.6 Å². The van der Waals surface area contributed by atoms with E-state index in [1.807, 2.05) is 25.1 Å². The first-order valence-electron chi connectivity index (χ1n) is 9.96. The van der Waals surface area contributed by atoms with E-state index >= 15 is 0 Å². The normalized spacial score (nSPS) is 15.9. The summed E-state index contributed by atoms with van der Waals surface area (Å²) in [6, 6.07) is 7.51. The van der Waals surface area contributed by atoms with Gasteiger partial charge < -0.3 is 9.84 Å². The van der Waals surface area contributed by atoms with E-state index < -0.39 is 0 Å². The van der Waals surface area contributed by atoms with Crippen LogP contribution in [0.4, 0.5) is 0 Å². The quantitative estimate of drug-likeness (QED) is 0.407. The van der Waals surface area contributed by atoms with Crippen molar-refractivity contribution in [1.29, 1.82) is 0 Å². The maximum atomic E-state index is 12.6. The van der Waals surface area contributed by atoms with Gasteiger partial charge in [-0.15, -0.1) is 0 Å². The lowest BCUT2D eigenvalue weighted by atomic mass is 9.65. The monoisotopic (exact) mass is 394 g/mol. The largest absolute Gasteiger partial charge is 0.508 e. The number of carbonyl (C=O) groups excluding carboxylic acids is 1. The maximum Gasteiger partial charge on any atom is 0.306 e. The Balaban J connectivity index is 3.17. The molecule has 1 rings (SSSR count). The molecule has 3 nitrogen and oxygen atoms in total. The molecule has 0 heterocycles. The van der Waals surface area contributed by atoms with Crippen LogP contribution in [0, 0.1) is 16.7 Å². The molecule has 4 heteroatoms. The number of esters is 1. The van der Waals surface area contributed by atoms with Crippen molar-refractivity contribution in [3.8, 4) is 5.75 Å². The number of para-hydroxylation sites is 1. The molecule has 0 fully saturated rings. The molecule has 0 aliphatic rings. The van der Waals surface area contributed by atoms with Crippen LogP contribution in [0.5, 0.6) is 5.75 Å². The third-order valence-corrected chi connectivity index (χ3v) is 5.58. The van der Waals surface area contributed by atoms with Crippen LogP contribution in [0.25, 0.3) is 0 Å². The van der Waals surface area contributed by atoms with Gasteiger partial charge in [-0.1, -0.05) is 66.7 Å². The second-order valence-corrected chi connectivity index (χ2v) is 10.6. The Kier molecular flexibility index (Phi) is 8.72. The predicted molar refractivity (Wildman–Crippen MR) is 117 cm³/mol. The van der Waals surface area contributed by atoms with E-state index in [1.165, 1.54) is 0 Å². The Labute approximate surface area is 171 Å². The Morgan fingerprint density at radius 3 is 2.22 bits per heavy atom. The zero-order valence-electron chi connectivity index (χ0n) is 18.1. The number of benzene rings is 1. The van der Waals surface area contributed by atoms with Gasteiger partial charge in [0.05, 0.1) is 0 Å². The number of thiol groups is 1. The van der Waals surface area contributed by atoms with Crippen LogP contribution >= 0.6 is 12.6 Å². The minimum atomic E-state index is -0.184. The first-order valence-corrected chi connectivity index (χ1v) is 10.5. The van der Waals surface area contributed by atoms with Crippen LogP contribution in [-0.4, -0.2) is 22.9 Å². The summed E-state index contributed by atoms with van der Waals surface area (Å²) < 4.78 is 5.49. The highest BCUT2D eigenvalue weighted by Crippen LogP contribution is 2.47. The second kappa shape index (κ2) is 9.86. The fraction of sp³-hybridized carbons (Fsp3) is 0.696. The SMILES string of the molecule is CCC(S)COC(=O)CC(C(CC(C)(C)C)c1ccccc1O)C(C)(C)C. The number of ether oxygens (including phenoxy) is 1. The summed E-state index contributed by atoms with van der Waals surface area (Å²) in [6.07, 6.45) is 2.08. The Hall–Kier alpha value is -1.16. The standard InChI is InChI=1S/C23H38O3S/c1-8-16(27)15-26-21(25)13-19(23(5,6)7)18(14-22(2,3)4)17-11-9-10-12-20(17)24/h9-12,16,18-19,24,27H,8,13-15H2,1-7H3. The number of aromatic hydroxyl groups is 1. The molecule has 3 unspecified atom stereocenters. The third-order valence-electron chi connectivity index (χ3n) is 5.06. The van der Waals surface area contributed by atoms with E-state index in [0.29, 0.717) is 18.8 Å². The number of hydrogen-bond donors (Lipinski definition) is 2. The highest BCUT2D eigenvalue weighted by Gasteiger charge is 2.38. The Bertz CT molecular complexity index is 598. The van der Waals surface area contributed by atoms with E-state index in [4.69, 9.17) is 4.74 Å². The molecule has 1 N–H and O–H groups in total. The van der Waals surface area contributed by atoms with Crippen LogP contribution in [0.1, 0.15) is 79.2 Å². The summed E-state index contributed by atoms with van der Waals surface area (Å²) >= 11 is 4.41. The lowest BCUT2D eigenvalue weighted by Crippen LogP contribution is -2.32. The summed E-state index contributed by atoms with van der Waals surface area (Å²) in [4.78, 5) is 12.6. The van der Waals surface area contributed by atoms with Gasteiger partial charge in [-0.05, 0) is 47.1 Å². The van der Waals surface area contributed by atoms with Gasteiger partial charge in [0.15, 0.2) is 0 Å². The predicted octanol–water partition coefficient (Wildman–Crippen LogP) is 6.22. The van der Waals surface area contributed by atoms with Crippen molar-refractivity contribution in [2.45, 2.75) is 78.9 Å². The van der Waals surface area contributed by atoms with Gasteiger partial charge in [0.25, 0.3) is 0 Å². The first kappa shape index (κ1) is 23.9. The van der Waals surface area contributed by atoms with Crippen LogP contribution < -0.4 is 0 Å². The molecular formula is C23H38O3S. The number of hydrogen-bond acceptors (Lipinski definition) is 4. The Morgan fingerprint density at radius 2 is 1.74 bits per heavy atom. The summed E-state index contributed by atoms with van der Waals surface area (Å²) in [5.41, 5.74) is 0.877. The number of rotatable bonds is 8. The molecule has 0 bridgehead atoms. The Morgan fingerprint density at radius 1 is 1.15 bits per heavy atom. The molecule has 0 aliphatic carbocycles. The van der Waals surface area contributed by atoms with E-state index in [1.54, 1.807) is 6.07 Å². The fourth-order valence-electron chi connectivity index (χ4n) is 3.53. The molecule has 27 heavy (non-hydrogen) atoms. The third kappa shape index (κ3) is 8.16. The van der Waals surface area contributed by atoms with E-state index in [-0.39, 0.29) is 33.9 Å². The molecule has 0 aromatic heterocycles. The van der Waals surface area contributed by atoms with Crippen LogP contribution in [0.3, 0.4) is 0 Å². The molecule has 0 amide bonds. The lowest BCUT2D eigenvalue weighted by molar-refractivity contribution is -0.146. The molecule has 1 aromatic carbocycles. The van der Waals surface area contributed by atoms with Crippen molar-refractivity contribution >= 4 is 18.6 Å². The summed E-state index contributed by atoms with van der Waals surface area (Å²) in [7, 11) is 0. The van der Waals surface area contributed by atoms with Crippen molar-refractivity contribution in [3.63, 3.8) is 0 Å². The zero-order valence-corrected chi connectivity index (χ0v) is 19.0. The van der Waals surface area contributed by atoms with Gasteiger partial charge in [-0.3, -0.25) is 4.79 Å². The molecule has 0 saturated heterocycles. The van der Waals surface area contributed by atoms with E-state index in [0.717, 1.165) is 18.4 Å². The van der Waals surface area contributed by atoms with Gasteiger partial charge in [0, 0.05) is 11.7 Å². The zero-order chi connectivity index (χ0) is 20.8. The second-order valence-electron chi connectivity index (χ2n) is 9.85. The molecule has 0 aliphatic heterocycles. The van der Waals surface area contributed by atoms with E-state index in [9.17, 15) is 9.90 Å². The van der Waals surface area contributed by atoms with E-state index in [2.05, 4.69) is 54.2 Å². The maximum absolute atomic E-state index is 12.6. The van der Waals surface area contributed by atoms with Crippen LogP contribution in [0.2, 0.25) is 0 Å². The number of carbonyl (C=O) groups is 1. The van der Waals surface area contributed by atoms with Gasteiger partial charge in [0.2, 0.25) is 0 Å². The summed E-state index contributed by atoms with van der Waals surface area (Å²) in [6.45, 7) is 15.5. The molecule has 1 aromatic rings. The van der Waals surface area contributed by atoms with Crippen molar-refractivity contribution in [1.82, 2.24) is 0 Å². The molecule has 0 radical (unpaired) electrons. The molecule has 154 valence electrons. The lowest BCUT2D eigenvalue weighted by Gasteiger charge is -2.40. The van der Waals surface area contributed by atoms with Crippen LogP contribution in [-0.2, 0) is 9.53 Å². The average molecular weight is 395 g/mol. The van der Waals surface area contributed by atoms with Crippen molar-refractivity contribution in [2.75, 3.05) is 6.61 Å². The van der Waals surface area contributed by atoms with Crippen LogP contribution in [0.15, 0.2) is 24.3 Å². The van der Waals surface area contributed by atoms with Gasteiger partial charge in [-0.2, -0.15) is 12.6 Å². The number of phenolic OH excluding ortho intramolecular Hbond substituents is 1. The number of phenols is 1. The van der Waals surface area contributed by atoms with Crippen molar-refractivity contribution in [3.05, 3.63) is 29.8 Å². The highest BCUT2D eigenvalue weighted by molar-refractivity contribution is 7.81. The molecule has 3 atom stereocenters.